The molecule has 1 fully saturated rings. The maximum Gasteiger partial charge on any atom is 0.244 e. The lowest BCUT2D eigenvalue weighted by Crippen LogP contribution is -2.57. The van der Waals surface area contributed by atoms with Gasteiger partial charge in [0.1, 0.15) is 28.1 Å². The molecule has 1 amide bonds. The number of aliphatic imine (C=N–C) groups is 1. The fraction of sp³-hybridized carbons (Fsp3) is 0.333. The highest BCUT2D eigenvalue weighted by molar-refractivity contribution is 7.90. The van der Waals surface area contributed by atoms with Crippen molar-refractivity contribution in [2.24, 2.45) is 10.7 Å². The van der Waals surface area contributed by atoms with Crippen molar-refractivity contribution < 1.29 is 26.8 Å². The number of rotatable bonds is 4. The van der Waals surface area contributed by atoms with Gasteiger partial charge in [-0.1, -0.05) is 6.07 Å². The van der Waals surface area contributed by atoms with E-state index in [9.17, 15) is 22.4 Å². The summed E-state index contributed by atoms with van der Waals surface area (Å²) < 4.78 is 55.4. The number of nitrogens with two attached hydrogens (primary N) is 1. The highest BCUT2D eigenvalue weighted by Gasteiger charge is 2.60. The second kappa shape index (κ2) is 7.87. The maximum absolute atomic E-state index is 15.1. The van der Waals surface area contributed by atoms with Gasteiger partial charge in [0.2, 0.25) is 21.9 Å². The number of carbonyl (C=O) groups is 2. The van der Waals surface area contributed by atoms with E-state index in [0.29, 0.717) is 5.56 Å². The standard InChI is InChI=1S/C21H21F2N5O4S/c1-12(29)28-10-19-21(11-28,26-20(24)27(2)33(19,31)32)15-7-13(3-5-16(15)23)8-18(30)17-6-4-14(22)9-25-17/h3-7,9,19H,8,10-11H2,1-2H3,(H2,24,26). The van der Waals surface area contributed by atoms with Gasteiger partial charge in [-0.05, 0) is 29.8 Å². The van der Waals surface area contributed by atoms with Crippen LogP contribution in [0.3, 0.4) is 0 Å². The number of aromatic nitrogens is 1. The van der Waals surface area contributed by atoms with Crippen molar-refractivity contribution >= 4 is 27.7 Å². The molecule has 0 bridgehead atoms. The van der Waals surface area contributed by atoms with Crippen LogP contribution in [0.25, 0.3) is 0 Å². The highest BCUT2D eigenvalue weighted by atomic mass is 32.2. The van der Waals surface area contributed by atoms with Gasteiger partial charge in [0.05, 0.1) is 12.7 Å². The number of hydrogen-bond donors (Lipinski definition) is 1. The van der Waals surface area contributed by atoms with E-state index in [4.69, 9.17) is 5.73 Å². The Labute approximate surface area is 189 Å². The molecule has 4 rings (SSSR count). The van der Waals surface area contributed by atoms with Crippen LogP contribution >= 0.6 is 0 Å². The molecule has 2 aliphatic rings. The zero-order valence-electron chi connectivity index (χ0n) is 17.8. The van der Waals surface area contributed by atoms with Crippen LogP contribution in [-0.4, -0.2) is 65.6 Å². The number of halogens is 2. The molecule has 3 heterocycles. The molecular formula is C21H21F2N5O4S. The molecule has 1 aromatic heterocycles. The van der Waals surface area contributed by atoms with Crippen LogP contribution in [0.1, 0.15) is 28.5 Å². The minimum Gasteiger partial charge on any atom is -0.369 e. The van der Waals surface area contributed by atoms with Gasteiger partial charge in [0, 0.05) is 32.5 Å². The first-order valence-corrected chi connectivity index (χ1v) is 11.5. The summed E-state index contributed by atoms with van der Waals surface area (Å²) in [6.45, 7) is 0.922. The normalized spacial score (nSPS) is 23.8. The second-order valence-corrected chi connectivity index (χ2v) is 10.2. The third-order valence-electron chi connectivity index (χ3n) is 6.05. The zero-order chi connectivity index (χ0) is 24.1. The van der Waals surface area contributed by atoms with Gasteiger partial charge in [0.15, 0.2) is 5.78 Å². The van der Waals surface area contributed by atoms with E-state index in [2.05, 4.69) is 9.98 Å². The Bertz CT molecular complexity index is 1280. The fourth-order valence-electron chi connectivity index (χ4n) is 4.24. The van der Waals surface area contributed by atoms with E-state index < -0.39 is 38.2 Å². The van der Waals surface area contributed by atoms with Gasteiger partial charge in [-0.25, -0.2) is 26.5 Å². The lowest BCUT2D eigenvalue weighted by atomic mass is 9.86. The molecule has 33 heavy (non-hydrogen) atoms. The highest BCUT2D eigenvalue weighted by Crippen LogP contribution is 2.44. The largest absolute Gasteiger partial charge is 0.369 e. The number of amides is 1. The van der Waals surface area contributed by atoms with E-state index in [1.54, 1.807) is 0 Å². The molecule has 0 aliphatic carbocycles. The summed E-state index contributed by atoms with van der Waals surface area (Å²) in [5, 5.41) is -1.26. The minimum absolute atomic E-state index is 0.0334. The number of nitrogens with zero attached hydrogens (tertiary/aromatic N) is 4. The van der Waals surface area contributed by atoms with Gasteiger partial charge in [-0.15, -0.1) is 0 Å². The van der Waals surface area contributed by atoms with E-state index in [-0.39, 0.29) is 42.6 Å². The number of sulfonamides is 1. The van der Waals surface area contributed by atoms with Crippen LogP contribution in [0.4, 0.5) is 8.78 Å². The number of pyridine rings is 1. The molecule has 9 nitrogen and oxygen atoms in total. The van der Waals surface area contributed by atoms with Crippen molar-refractivity contribution in [3.8, 4) is 0 Å². The predicted molar refractivity (Wildman–Crippen MR) is 115 cm³/mol. The van der Waals surface area contributed by atoms with Crippen LogP contribution < -0.4 is 5.73 Å². The van der Waals surface area contributed by atoms with E-state index in [1.807, 2.05) is 0 Å². The average molecular weight is 477 g/mol. The van der Waals surface area contributed by atoms with Gasteiger partial charge in [-0.3, -0.25) is 14.6 Å². The summed E-state index contributed by atoms with van der Waals surface area (Å²) in [6.07, 6.45) is 0.734. The van der Waals surface area contributed by atoms with Gasteiger partial charge in [-0.2, -0.15) is 0 Å². The predicted octanol–water partition coefficient (Wildman–Crippen LogP) is 0.801. The lowest BCUT2D eigenvalue weighted by molar-refractivity contribution is -0.128. The molecular weight excluding hydrogens is 456 g/mol. The number of ketones is 1. The summed E-state index contributed by atoms with van der Waals surface area (Å²) >= 11 is 0. The first-order chi connectivity index (χ1) is 15.5. The first-order valence-electron chi connectivity index (χ1n) is 9.98. The van der Waals surface area contributed by atoms with Crippen LogP contribution in [0.15, 0.2) is 41.5 Å². The Balaban J connectivity index is 1.80. The minimum atomic E-state index is -4.06. The van der Waals surface area contributed by atoms with Gasteiger partial charge in [0.25, 0.3) is 0 Å². The van der Waals surface area contributed by atoms with E-state index in [0.717, 1.165) is 22.6 Å². The topological polar surface area (TPSA) is 126 Å². The molecule has 1 aromatic carbocycles. The number of hydrogen-bond acceptors (Lipinski definition) is 7. The smallest absolute Gasteiger partial charge is 0.244 e. The van der Waals surface area contributed by atoms with Crippen molar-refractivity contribution in [3.63, 3.8) is 0 Å². The van der Waals surface area contributed by atoms with Crippen molar-refractivity contribution in [2.45, 2.75) is 24.1 Å². The molecule has 0 radical (unpaired) electrons. The lowest BCUT2D eigenvalue weighted by Gasteiger charge is -2.38. The molecule has 0 spiro atoms. The molecule has 2 unspecified atom stereocenters. The Morgan fingerprint density at radius 3 is 2.61 bits per heavy atom. The quantitative estimate of drug-likeness (QED) is 0.650. The van der Waals surface area contributed by atoms with Crippen LogP contribution in [-0.2, 0) is 26.8 Å². The van der Waals surface area contributed by atoms with Crippen molar-refractivity contribution in [3.05, 3.63) is 65.0 Å². The Morgan fingerprint density at radius 2 is 1.97 bits per heavy atom. The Morgan fingerprint density at radius 1 is 1.24 bits per heavy atom. The van der Waals surface area contributed by atoms with E-state index in [1.165, 1.54) is 37.1 Å². The van der Waals surface area contributed by atoms with Crippen LogP contribution in [0, 0.1) is 11.6 Å². The molecule has 0 saturated carbocycles. The number of likely N-dealkylation sites (tertiary alicyclic amines) is 1. The molecule has 2 aliphatic heterocycles. The van der Waals surface area contributed by atoms with Gasteiger partial charge >= 0.3 is 0 Å². The third-order valence-corrected chi connectivity index (χ3v) is 8.26. The Hall–Kier alpha value is -3.41. The summed E-state index contributed by atoms with van der Waals surface area (Å²) in [5.41, 5.74) is 4.56. The maximum atomic E-state index is 15.1. The molecule has 2 N–H and O–H groups in total. The first kappa shape index (κ1) is 22.8. The SMILES string of the molecule is CC(=O)N1CC2C(c3cc(CC(=O)c4ccc(F)cn4)ccc3F)(C1)N=C(N)N(C)S2(=O)=O. The van der Waals surface area contributed by atoms with Crippen molar-refractivity contribution in [2.75, 3.05) is 20.1 Å². The molecule has 2 aromatic rings. The second-order valence-electron chi connectivity index (χ2n) is 8.07. The third kappa shape index (κ3) is 3.73. The summed E-state index contributed by atoms with van der Waals surface area (Å²) in [7, 11) is -2.81. The molecule has 12 heteroatoms. The van der Waals surface area contributed by atoms with Gasteiger partial charge < -0.3 is 10.6 Å². The number of Topliss-reactive ketones (excluding diaryl/α,β-unsaturated/α-hetero) is 1. The number of guanidine groups is 1. The molecule has 174 valence electrons. The van der Waals surface area contributed by atoms with Crippen LogP contribution in [0.2, 0.25) is 0 Å². The fourth-order valence-corrected chi connectivity index (χ4v) is 6.04. The molecule has 1 saturated heterocycles. The zero-order valence-corrected chi connectivity index (χ0v) is 18.6. The number of carbonyl (C=O) groups excluding carboxylic acids is 2. The number of fused-ring (bicyclic) bond motifs is 1. The Kier molecular flexibility index (Phi) is 5.43. The average Bonchev–Trinajstić information content (AvgIpc) is 3.16. The molecule has 2 atom stereocenters. The summed E-state index contributed by atoms with van der Waals surface area (Å²) in [6, 6.07) is 6.22. The van der Waals surface area contributed by atoms with E-state index >= 15 is 4.39 Å². The van der Waals surface area contributed by atoms with Crippen molar-refractivity contribution in [1.29, 1.82) is 0 Å². The van der Waals surface area contributed by atoms with Crippen LogP contribution in [0.5, 0.6) is 0 Å². The number of benzene rings is 1. The monoisotopic (exact) mass is 477 g/mol. The van der Waals surface area contributed by atoms with Crippen molar-refractivity contribution in [1.82, 2.24) is 14.2 Å². The summed E-state index contributed by atoms with van der Waals surface area (Å²) in [5.74, 6) is -2.47. The summed E-state index contributed by atoms with van der Waals surface area (Å²) in [4.78, 5) is 34.1.